The van der Waals surface area contributed by atoms with Crippen LogP contribution in [0.25, 0.3) is 6.08 Å². The van der Waals surface area contributed by atoms with Gasteiger partial charge in [0, 0.05) is 28.9 Å². The number of ether oxygens (including phenoxy) is 1. The maximum atomic E-state index is 5.80. The SMILES string of the molecule is Nc1ccc2c(c1)OC1=CC(N)C=CC1=C2. The summed E-state index contributed by atoms with van der Waals surface area (Å²) in [6.07, 6.45) is 7.91. The van der Waals surface area contributed by atoms with Crippen molar-refractivity contribution in [1.29, 1.82) is 0 Å². The van der Waals surface area contributed by atoms with E-state index >= 15 is 0 Å². The molecular formula is C13H12N2O. The minimum atomic E-state index is -0.0743. The first-order valence-electron chi connectivity index (χ1n) is 5.17. The predicted molar refractivity (Wildman–Crippen MR) is 64.7 cm³/mol. The van der Waals surface area contributed by atoms with Crippen LogP contribution in [0.1, 0.15) is 5.56 Å². The number of hydrogen-bond acceptors (Lipinski definition) is 3. The molecule has 4 N–H and O–H groups in total. The lowest BCUT2D eigenvalue weighted by Gasteiger charge is -2.22. The highest BCUT2D eigenvalue weighted by Crippen LogP contribution is 2.34. The predicted octanol–water partition coefficient (Wildman–Crippen LogP) is 1.83. The van der Waals surface area contributed by atoms with Crippen LogP contribution in [0.5, 0.6) is 5.75 Å². The lowest BCUT2D eigenvalue weighted by molar-refractivity contribution is 0.429. The molecular weight excluding hydrogens is 200 g/mol. The Balaban J connectivity index is 2.12. The Hall–Kier alpha value is -2.00. The van der Waals surface area contributed by atoms with Crippen molar-refractivity contribution >= 4 is 11.8 Å². The van der Waals surface area contributed by atoms with Crippen LogP contribution in [0.4, 0.5) is 5.69 Å². The molecule has 3 rings (SSSR count). The van der Waals surface area contributed by atoms with Crippen molar-refractivity contribution in [3.8, 4) is 5.75 Å². The fourth-order valence-corrected chi connectivity index (χ4v) is 1.88. The number of anilines is 1. The first kappa shape index (κ1) is 9.24. The van der Waals surface area contributed by atoms with E-state index in [1.54, 1.807) is 0 Å². The Labute approximate surface area is 93.7 Å². The van der Waals surface area contributed by atoms with Crippen molar-refractivity contribution in [3.05, 3.63) is 53.3 Å². The summed E-state index contributed by atoms with van der Waals surface area (Å²) >= 11 is 0. The van der Waals surface area contributed by atoms with Crippen LogP contribution in [0.2, 0.25) is 0 Å². The number of allylic oxidation sites excluding steroid dienone is 1. The largest absolute Gasteiger partial charge is 0.456 e. The van der Waals surface area contributed by atoms with Crippen LogP contribution in [0.3, 0.4) is 0 Å². The van der Waals surface area contributed by atoms with Gasteiger partial charge in [-0.2, -0.15) is 0 Å². The zero-order chi connectivity index (χ0) is 11.1. The van der Waals surface area contributed by atoms with E-state index in [9.17, 15) is 0 Å². The molecule has 0 saturated carbocycles. The summed E-state index contributed by atoms with van der Waals surface area (Å²) in [6.45, 7) is 0. The van der Waals surface area contributed by atoms with Crippen molar-refractivity contribution in [1.82, 2.24) is 0 Å². The third kappa shape index (κ3) is 1.42. The summed E-state index contributed by atoms with van der Waals surface area (Å²) in [6, 6.07) is 5.57. The van der Waals surface area contributed by atoms with E-state index in [2.05, 4.69) is 6.08 Å². The van der Waals surface area contributed by atoms with Crippen LogP contribution < -0.4 is 16.2 Å². The van der Waals surface area contributed by atoms with Gasteiger partial charge in [0.2, 0.25) is 0 Å². The molecule has 0 saturated heterocycles. The molecule has 0 radical (unpaired) electrons. The van der Waals surface area contributed by atoms with Gasteiger partial charge in [0.15, 0.2) is 0 Å². The van der Waals surface area contributed by atoms with Gasteiger partial charge in [-0.25, -0.2) is 0 Å². The number of nitrogen functional groups attached to an aromatic ring is 1. The van der Waals surface area contributed by atoms with Crippen molar-refractivity contribution in [3.63, 3.8) is 0 Å². The van der Waals surface area contributed by atoms with Gasteiger partial charge < -0.3 is 16.2 Å². The summed E-state index contributed by atoms with van der Waals surface area (Å²) < 4.78 is 5.77. The molecule has 0 spiro atoms. The Kier molecular flexibility index (Phi) is 1.88. The van der Waals surface area contributed by atoms with Crippen LogP contribution in [-0.4, -0.2) is 6.04 Å². The van der Waals surface area contributed by atoms with Gasteiger partial charge >= 0.3 is 0 Å². The molecule has 1 atom stereocenters. The Morgan fingerprint density at radius 2 is 2.12 bits per heavy atom. The third-order valence-corrected chi connectivity index (χ3v) is 2.69. The average Bonchev–Trinajstić information content (AvgIpc) is 2.26. The van der Waals surface area contributed by atoms with E-state index in [1.807, 2.05) is 36.4 Å². The van der Waals surface area contributed by atoms with Crippen LogP contribution in [0, 0.1) is 0 Å². The Morgan fingerprint density at radius 3 is 3.00 bits per heavy atom. The molecule has 3 nitrogen and oxygen atoms in total. The molecule has 0 fully saturated rings. The molecule has 1 unspecified atom stereocenters. The fraction of sp³-hybridized carbons (Fsp3) is 0.0769. The van der Waals surface area contributed by atoms with Crippen molar-refractivity contribution < 1.29 is 4.74 Å². The molecule has 16 heavy (non-hydrogen) atoms. The van der Waals surface area contributed by atoms with Gasteiger partial charge in [0.05, 0.1) is 0 Å². The minimum absolute atomic E-state index is 0.0743. The fourth-order valence-electron chi connectivity index (χ4n) is 1.88. The third-order valence-electron chi connectivity index (χ3n) is 2.69. The molecule has 1 aliphatic carbocycles. The minimum Gasteiger partial charge on any atom is -0.456 e. The molecule has 1 aromatic carbocycles. The highest BCUT2D eigenvalue weighted by atomic mass is 16.5. The van der Waals surface area contributed by atoms with E-state index in [1.165, 1.54) is 0 Å². The summed E-state index contributed by atoms with van der Waals surface area (Å²) in [4.78, 5) is 0. The number of rotatable bonds is 0. The van der Waals surface area contributed by atoms with Crippen molar-refractivity contribution in [2.45, 2.75) is 6.04 Å². The second kappa shape index (κ2) is 3.25. The summed E-state index contributed by atoms with van der Waals surface area (Å²) in [5, 5.41) is 0. The summed E-state index contributed by atoms with van der Waals surface area (Å²) in [5.41, 5.74) is 14.3. The smallest absolute Gasteiger partial charge is 0.136 e. The number of hydrogen-bond donors (Lipinski definition) is 2. The van der Waals surface area contributed by atoms with E-state index in [-0.39, 0.29) is 6.04 Å². The van der Waals surface area contributed by atoms with Gasteiger partial charge in [0.25, 0.3) is 0 Å². The van der Waals surface area contributed by atoms with E-state index in [0.29, 0.717) is 5.69 Å². The molecule has 1 aromatic rings. The quantitative estimate of drug-likeness (QED) is 0.645. The molecule has 1 heterocycles. The van der Waals surface area contributed by atoms with Gasteiger partial charge in [-0.3, -0.25) is 0 Å². The molecule has 80 valence electrons. The lowest BCUT2D eigenvalue weighted by Crippen LogP contribution is -2.20. The second-order valence-corrected chi connectivity index (χ2v) is 3.97. The first-order chi connectivity index (χ1) is 7.72. The van der Waals surface area contributed by atoms with E-state index < -0.39 is 0 Å². The van der Waals surface area contributed by atoms with Gasteiger partial charge in [-0.05, 0) is 24.3 Å². The standard InChI is InChI=1S/C13H12N2O/c14-10-3-1-8-5-9-2-4-11(15)7-13(9)16-12(8)6-10/h1-7,10H,14-15H2. The zero-order valence-corrected chi connectivity index (χ0v) is 8.68. The van der Waals surface area contributed by atoms with Crippen molar-refractivity contribution in [2.75, 3.05) is 5.73 Å². The van der Waals surface area contributed by atoms with Gasteiger partial charge in [-0.15, -0.1) is 0 Å². The highest BCUT2D eigenvalue weighted by molar-refractivity contribution is 5.72. The molecule has 2 aliphatic rings. The zero-order valence-electron chi connectivity index (χ0n) is 8.68. The highest BCUT2D eigenvalue weighted by Gasteiger charge is 2.18. The molecule has 3 heteroatoms. The van der Waals surface area contributed by atoms with Crippen LogP contribution >= 0.6 is 0 Å². The monoisotopic (exact) mass is 212 g/mol. The Morgan fingerprint density at radius 1 is 1.25 bits per heavy atom. The van der Waals surface area contributed by atoms with Crippen molar-refractivity contribution in [2.24, 2.45) is 5.73 Å². The molecule has 0 bridgehead atoms. The van der Waals surface area contributed by atoms with Crippen LogP contribution in [-0.2, 0) is 0 Å². The molecule has 0 aromatic heterocycles. The maximum Gasteiger partial charge on any atom is 0.136 e. The number of fused-ring (bicyclic) bond motifs is 2. The number of nitrogens with two attached hydrogens (primary N) is 2. The Bertz CT molecular complexity index is 541. The average molecular weight is 212 g/mol. The van der Waals surface area contributed by atoms with Crippen LogP contribution in [0.15, 0.2) is 47.8 Å². The van der Waals surface area contributed by atoms with E-state index in [0.717, 1.165) is 22.6 Å². The van der Waals surface area contributed by atoms with E-state index in [4.69, 9.17) is 16.2 Å². The number of benzene rings is 1. The maximum absolute atomic E-state index is 5.80. The van der Waals surface area contributed by atoms with Gasteiger partial charge in [0.1, 0.15) is 11.5 Å². The normalized spacial score (nSPS) is 21.4. The first-order valence-corrected chi connectivity index (χ1v) is 5.17. The molecule has 0 amide bonds. The van der Waals surface area contributed by atoms with Gasteiger partial charge in [-0.1, -0.05) is 12.2 Å². The summed E-state index contributed by atoms with van der Waals surface area (Å²) in [5.74, 6) is 1.60. The topological polar surface area (TPSA) is 61.3 Å². The molecule has 1 aliphatic heterocycles. The summed E-state index contributed by atoms with van der Waals surface area (Å²) in [7, 11) is 0. The lowest BCUT2D eigenvalue weighted by atomic mass is 9.99. The second-order valence-electron chi connectivity index (χ2n) is 3.97.